The lowest BCUT2D eigenvalue weighted by Crippen LogP contribution is -2.46. The monoisotopic (exact) mass is 507 g/mol. The van der Waals surface area contributed by atoms with Crippen molar-refractivity contribution >= 4 is 16.9 Å². The number of rotatable bonds is 8. The maximum atomic E-state index is 12.3. The van der Waals surface area contributed by atoms with E-state index in [9.17, 15) is 9.90 Å². The smallest absolute Gasteiger partial charge is 0.427 e. The number of piperidine rings is 1. The van der Waals surface area contributed by atoms with E-state index in [1.807, 2.05) is 30.3 Å². The van der Waals surface area contributed by atoms with Crippen LogP contribution in [0.2, 0.25) is 0 Å². The van der Waals surface area contributed by atoms with Gasteiger partial charge in [0.1, 0.15) is 5.60 Å². The Labute approximate surface area is 218 Å². The maximum Gasteiger partial charge on any atom is 0.528 e. The number of methoxy groups -OCH3 is 1. The minimum absolute atomic E-state index is 0.0692. The van der Waals surface area contributed by atoms with E-state index < -0.39 is 18.0 Å². The maximum absolute atomic E-state index is 12.3. The Kier molecular flexibility index (Phi) is 8.82. The number of hydroxylamine groups is 2. The molecule has 1 aliphatic heterocycles. The summed E-state index contributed by atoms with van der Waals surface area (Å²) in [6, 6.07) is 22.6. The number of aliphatic hydroxyl groups is 1. The van der Waals surface area contributed by atoms with Crippen LogP contribution in [0.25, 0.3) is 10.8 Å². The number of carbonyl (C=O) groups is 1. The number of ether oxygens (including phenoxy) is 3. The van der Waals surface area contributed by atoms with E-state index in [0.29, 0.717) is 19.5 Å². The minimum Gasteiger partial charge on any atom is -0.427 e. The van der Waals surface area contributed by atoms with E-state index in [4.69, 9.17) is 19.0 Å². The van der Waals surface area contributed by atoms with Crippen LogP contribution in [0.15, 0.2) is 66.7 Å². The largest absolute Gasteiger partial charge is 0.528 e. The predicted octanol–water partition coefficient (Wildman–Crippen LogP) is 5.76. The van der Waals surface area contributed by atoms with Gasteiger partial charge in [-0.1, -0.05) is 60.7 Å². The molecule has 0 bridgehead atoms. The topological polar surface area (TPSA) is 77.5 Å². The minimum atomic E-state index is -0.726. The van der Waals surface area contributed by atoms with Crippen molar-refractivity contribution in [1.82, 2.24) is 5.06 Å². The first kappa shape index (κ1) is 27.1. The lowest BCUT2D eigenvalue weighted by atomic mass is 9.87. The molecule has 1 heterocycles. The van der Waals surface area contributed by atoms with E-state index in [2.05, 4.69) is 36.4 Å². The quantitative estimate of drug-likeness (QED) is 0.307. The molecule has 1 aliphatic rings. The van der Waals surface area contributed by atoms with Gasteiger partial charge in [0.05, 0.1) is 12.6 Å². The zero-order valence-corrected chi connectivity index (χ0v) is 22.1. The summed E-state index contributed by atoms with van der Waals surface area (Å²) in [7, 11) is 1.64. The van der Waals surface area contributed by atoms with Crippen LogP contribution < -0.4 is 0 Å². The van der Waals surface area contributed by atoms with Gasteiger partial charge < -0.3 is 24.2 Å². The van der Waals surface area contributed by atoms with Crippen LogP contribution in [0.1, 0.15) is 56.1 Å². The van der Waals surface area contributed by atoms with Gasteiger partial charge >= 0.3 is 6.16 Å². The zero-order chi connectivity index (χ0) is 26.4. The Morgan fingerprint density at radius 2 is 1.78 bits per heavy atom. The van der Waals surface area contributed by atoms with Crippen molar-refractivity contribution in [2.45, 2.75) is 57.5 Å². The first-order valence-electron chi connectivity index (χ1n) is 12.8. The van der Waals surface area contributed by atoms with Crippen LogP contribution in [-0.4, -0.2) is 54.8 Å². The Balaban J connectivity index is 1.56. The summed E-state index contributed by atoms with van der Waals surface area (Å²) < 4.78 is 17.7. The van der Waals surface area contributed by atoms with Gasteiger partial charge in [-0.15, -0.1) is 5.06 Å². The van der Waals surface area contributed by atoms with Gasteiger partial charge in [-0.05, 0) is 61.6 Å². The van der Waals surface area contributed by atoms with Crippen molar-refractivity contribution in [3.8, 4) is 0 Å². The van der Waals surface area contributed by atoms with Crippen LogP contribution >= 0.6 is 0 Å². The molecule has 37 heavy (non-hydrogen) atoms. The summed E-state index contributed by atoms with van der Waals surface area (Å²) in [5, 5.41) is 13.1. The number of aliphatic hydroxyl groups excluding tert-OH is 1. The zero-order valence-electron chi connectivity index (χ0n) is 22.1. The van der Waals surface area contributed by atoms with E-state index in [-0.39, 0.29) is 18.6 Å². The molecule has 0 aromatic heterocycles. The number of benzene rings is 3. The third-order valence-electron chi connectivity index (χ3n) is 6.48. The van der Waals surface area contributed by atoms with Crippen LogP contribution in [0.5, 0.6) is 0 Å². The average Bonchev–Trinajstić information content (AvgIpc) is 2.87. The summed E-state index contributed by atoms with van der Waals surface area (Å²) in [4.78, 5) is 17.9. The summed E-state index contributed by atoms with van der Waals surface area (Å²) in [5.41, 5.74) is 2.50. The summed E-state index contributed by atoms with van der Waals surface area (Å²) in [6.45, 7) is 6.46. The fourth-order valence-corrected chi connectivity index (χ4v) is 4.71. The van der Waals surface area contributed by atoms with E-state index in [1.54, 1.807) is 32.9 Å². The third kappa shape index (κ3) is 7.29. The molecule has 3 atom stereocenters. The first-order valence-corrected chi connectivity index (χ1v) is 12.8. The molecule has 198 valence electrons. The molecule has 0 amide bonds. The van der Waals surface area contributed by atoms with Crippen molar-refractivity contribution in [1.29, 1.82) is 0 Å². The Morgan fingerprint density at radius 3 is 2.46 bits per heavy atom. The lowest BCUT2D eigenvalue weighted by Gasteiger charge is -2.38. The van der Waals surface area contributed by atoms with Gasteiger partial charge in [0.15, 0.2) is 6.29 Å². The van der Waals surface area contributed by atoms with Gasteiger partial charge in [0, 0.05) is 31.7 Å². The molecular weight excluding hydrogens is 470 g/mol. The highest BCUT2D eigenvalue weighted by molar-refractivity contribution is 5.83. The molecule has 3 aromatic carbocycles. The number of carbonyl (C=O) groups excluding carboxylic acids is 1. The normalized spacial score (nSPS) is 19.5. The fourth-order valence-electron chi connectivity index (χ4n) is 4.71. The highest BCUT2D eigenvalue weighted by Crippen LogP contribution is 2.35. The summed E-state index contributed by atoms with van der Waals surface area (Å²) >= 11 is 0. The number of fused-ring (bicyclic) bond motifs is 1. The lowest BCUT2D eigenvalue weighted by molar-refractivity contribution is -0.218. The molecule has 0 spiro atoms. The van der Waals surface area contributed by atoms with Crippen LogP contribution in [-0.2, 0) is 25.5 Å². The Morgan fingerprint density at radius 1 is 1.05 bits per heavy atom. The second-order valence-corrected chi connectivity index (χ2v) is 10.4. The second-order valence-electron chi connectivity index (χ2n) is 10.4. The van der Waals surface area contributed by atoms with E-state index in [1.165, 1.54) is 0 Å². The number of nitrogens with zero attached hydrogens (tertiary/aromatic N) is 1. The van der Waals surface area contributed by atoms with Crippen molar-refractivity contribution in [3.63, 3.8) is 0 Å². The third-order valence-corrected chi connectivity index (χ3v) is 6.48. The molecule has 7 nitrogen and oxygen atoms in total. The predicted molar refractivity (Wildman–Crippen MR) is 142 cm³/mol. The summed E-state index contributed by atoms with van der Waals surface area (Å²) in [5.74, 6) is 0.0692. The molecule has 3 unspecified atom stereocenters. The van der Waals surface area contributed by atoms with Crippen LogP contribution in [0, 0.1) is 0 Å². The average molecular weight is 508 g/mol. The fraction of sp³-hybridized carbons (Fsp3) is 0.433. The molecule has 7 heteroatoms. The van der Waals surface area contributed by atoms with E-state index >= 15 is 0 Å². The molecule has 3 aromatic rings. The van der Waals surface area contributed by atoms with Crippen LogP contribution in [0.4, 0.5) is 4.79 Å². The highest BCUT2D eigenvalue weighted by atomic mass is 16.8. The summed E-state index contributed by atoms with van der Waals surface area (Å²) in [6.07, 6.45) is -0.281. The van der Waals surface area contributed by atoms with Gasteiger partial charge in [0.25, 0.3) is 0 Å². The Hall–Kier alpha value is -2.97. The SMILES string of the molecule is COC(OC1CN(OC(=O)OC(C)(C)C)CCC1c1ccc(CCO)cc1)c1ccc2ccccc2c1. The van der Waals surface area contributed by atoms with Gasteiger partial charge in [-0.3, -0.25) is 0 Å². The van der Waals surface area contributed by atoms with Crippen molar-refractivity contribution in [3.05, 3.63) is 83.4 Å². The van der Waals surface area contributed by atoms with E-state index in [0.717, 1.165) is 33.9 Å². The van der Waals surface area contributed by atoms with Crippen molar-refractivity contribution in [2.75, 3.05) is 26.8 Å². The van der Waals surface area contributed by atoms with Gasteiger partial charge in [-0.2, -0.15) is 0 Å². The highest BCUT2D eigenvalue weighted by Gasteiger charge is 2.36. The van der Waals surface area contributed by atoms with Crippen molar-refractivity contribution in [2.24, 2.45) is 0 Å². The molecule has 0 saturated carbocycles. The number of hydrogen-bond donors (Lipinski definition) is 1. The molecule has 4 rings (SSSR count). The standard InChI is InChI=1S/C30H37NO6/c1-30(2,3)36-29(33)37-31-17-15-26(23-11-9-21(10-12-23)16-18-32)27(20-31)35-28(34-4)25-14-13-22-7-5-6-8-24(22)19-25/h5-14,19,26-28,32H,15-18,20H2,1-4H3. The van der Waals surface area contributed by atoms with Gasteiger partial charge in [0.2, 0.25) is 0 Å². The molecule has 0 aliphatic carbocycles. The molecular formula is C30H37NO6. The molecule has 0 radical (unpaired) electrons. The molecule has 1 saturated heterocycles. The second kappa shape index (κ2) is 12.0. The first-order chi connectivity index (χ1) is 17.8. The molecule has 1 fully saturated rings. The Bertz CT molecular complexity index is 1170. The molecule has 1 N–H and O–H groups in total. The van der Waals surface area contributed by atoms with Crippen LogP contribution in [0.3, 0.4) is 0 Å². The van der Waals surface area contributed by atoms with Gasteiger partial charge in [-0.25, -0.2) is 4.79 Å². The van der Waals surface area contributed by atoms with Crippen molar-refractivity contribution < 1.29 is 28.9 Å². The number of hydrogen-bond acceptors (Lipinski definition) is 7.